The smallest absolute Gasteiger partial charge is 0.195 e. The van der Waals surface area contributed by atoms with Gasteiger partial charge in [-0.3, -0.25) is 4.98 Å². The predicted molar refractivity (Wildman–Crippen MR) is 118 cm³/mol. The van der Waals surface area contributed by atoms with Gasteiger partial charge in [-0.1, -0.05) is 37.3 Å². The van der Waals surface area contributed by atoms with Crippen molar-refractivity contribution in [1.82, 2.24) is 24.8 Å². The molecule has 154 valence electrons. The maximum Gasteiger partial charge on any atom is 0.195 e. The standard InChI is InChI=1S/C24H21N5O2/c1-3-21(31-22-13-14-25-20-15-17(30-2)9-10-18(20)22)24-27-26-23-12-11-19(28-29(23)24)16-7-5-4-6-8-16/h4-15,21H,3H2,1-2H3/t21-/m0/s1. The van der Waals surface area contributed by atoms with E-state index in [2.05, 4.69) is 22.1 Å². The van der Waals surface area contributed by atoms with Crippen LogP contribution in [-0.2, 0) is 0 Å². The summed E-state index contributed by atoms with van der Waals surface area (Å²) in [4.78, 5) is 4.44. The van der Waals surface area contributed by atoms with E-state index in [0.717, 1.165) is 33.7 Å². The van der Waals surface area contributed by atoms with Gasteiger partial charge in [0.15, 0.2) is 17.6 Å². The summed E-state index contributed by atoms with van der Waals surface area (Å²) < 4.78 is 13.5. The molecule has 0 fully saturated rings. The van der Waals surface area contributed by atoms with Crippen molar-refractivity contribution in [3.8, 4) is 22.8 Å². The molecule has 0 saturated carbocycles. The lowest BCUT2D eigenvalue weighted by molar-refractivity contribution is 0.191. The van der Waals surface area contributed by atoms with Crippen molar-refractivity contribution in [3.63, 3.8) is 0 Å². The van der Waals surface area contributed by atoms with Crippen molar-refractivity contribution < 1.29 is 9.47 Å². The van der Waals surface area contributed by atoms with Crippen molar-refractivity contribution in [2.24, 2.45) is 0 Å². The number of pyridine rings is 1. The fourth-order valence-electron chi connectivity index (χ4n) is 3.57. The summed E-state index contributed by atoms with van der Waals surface area (Å²) in [6, 6.07) is 21.5. The molecule has 0 amide bonds. The third kappa shape index (κ3) is 3.54. The predicted octanol–water partition coefficient (Wildman–Crippen LogP) is 4.88. The molecule has 0 aliphatic carbocycles. The molecule has 5 rings (SSSR count). The van der Waals surface area contributed by atoms with Crippen molar-refractivity contribution >= 4 is 16.6 Å². The number of benzene rings is 2. The molecule has 3 heterocycles. The number of fused-ring (bicyclic) bond motifs is 2. The van der Waals surface area contributed by atoms with E-state index in [9.17, 15) is 0 Å². The maximum absolute atomic E-state index is 6.40. The first-order chi connectivity index (χ1) is 15.3. The average molecular weight is 411 g/mol. The van der Waals surface area contributed by atoms with Gasteiger partial charge >= 0.3 is 0 Å². The number of hydrogen-bond donors (Lipinski definition) is 0. The zero-order valence-electron chi connectivity index (χ0n) is 17.3. The van der Waals surface area contributed by atoms with Crippen LogP contribution >= 0.6 is 0 Å². The maximum atomic E-state index is 6.40. The largest absolute Gasteiger partial charge is 0.497 e. The van der Waals surface area contributed by atoms with Crippen LogP contribution < -0.4 is 9.47 Å². The molecule has 1 atom stereocenters. The third-order valence-corrected chi connectivity index (χ3v) is 5.19. The second kappa shape index (κ2) is 8.02. The Hall–Kier alpha value is -4.00. The van der Waals surface area contributed by atoms with E-state index in [4.69, 9.17) is 14.6 Å². The van der Waals surface area contributed by atoms with Crippen molar-refractivity contribution in [3.05, 3.63) is 78.8 Å². The van der Waals surface area contributed by atoms with Gasteiger partial charge in [-0.05, 0) is 36.8 Å². The Kier molecular flexibility index (Phi) is 4.92. The molecule has 0 saturated heterocycles. The highest BCUT2D eigenvalue weighted by molar-refractivity contribution is 5.86. The van der Waals surface area contributed by atoms with Gasteiger partial charge in [-0.25, -0.2) is 0 Å². The molecule has 0 N–H and O–H groups in total. The Bertz CT molecular complexity index is 1350. The molecule has 2 aromatic carbocycles. The van der Waals surface area contributed by atoms with Gasteiger partial charge in [0.05, 0.1) is 18.3 Å². The van der Waals surface area contributed by atoms with Crippen LogP contribution in [0.25, 0.3) is 27.8 Å². The molecule has 0 unspecified atom stereocenters. The van der Waals surface area contributed by atoms with Crippen molar-refractivity contribution in [2.75, 3.05) is 7.11 Å². The first kappa shape index (κ1) is 19.0. The van der Waals surface area contributed by atoms with E-state index < -0.39 is 0 Å². The Morgan fingerprint density at radius 3 is 2.65 bits per heavy atom. The molecular formula is C24H21N5O2. The van der Waals surface area contributed by atoms with E-state index in [0.29, 0.717) is 17.9 Å². The van der Waals surface area contributed by atoms with Crippen LogP contribution in [0.5, 0.6) is 11.5 Å². The van der Waals surface area contributed by atoms with Gasteiger partial charge in [-0.2, -0.15) is 9.61 Å². The summed E-state index contributed by atoms with van der Waals surface area (Å²) in [5.74, 6) is 2.15. The van der Waals surface area contributed by atoms with E-state index in [1.54, 1.807) is 17.8 Å². The normalized spacial score (nSPS) is 12.2. The lowest BCUT2D eigenvalue weighted by atomic mass is 10.1. The summed E-state index contributed by atoms with van der Waals surface area (Å²) in [6.07, 6.45) is 2.12. The molecule has 3 aromatic heterocycles. The van der Waals surface area contributed by atoms with Crippen LogP contribution in [0.15, 0.2) is 72.9 Å². The molecule has 0 radical (unpaired) electrons. The Balaban J connectivity index is 1.54. The summed E-state index contributed by atoms with van der Waals surface area (Å²) in [5, 5.41) is 14.4. The fraction of sp³-hybridized carbons (Fsp3) is 0.167. The molecule has 31 heavy (non-hydrogen) atoms. The third-order valence-electron chi connectivity index (χ3n) is 5.19. The number of ether oxygens (including phenoxy) is 2. The van der Waals surface area contributed by atoms with Gasteiger partial charge in [0, 0.05) is 23.2 Å². The van der Waals surface area contributed by atoms with E-state index in [-0.39, 0.29) is 6.10 Å². The first-order valence-electron chi connectivity index (χ1n) is 10.1. The number of rotatable bonds is 6. The molecule has 0 bridgehead atoms. The van der Waals surface area contributed by atoms with Crippen LogP contribution in [0, 0.1) is 0 Å². The van der Waals surface area contributed by atoms with E-state index >= 15 is 0 Å². The molecule has 0 spiro atoms. The SMILES string of the molecule is CC[C@H](Oc1ccnc2cc(OC)ccc12)c1nnc2ccc(-c3ccccc3)nn12. The summed E-state index contributed by atoms with van der Waals surface area (Å²) in [6.45, 7) is 2.05. The van der Waals surface area contributed by atoms with Crippen LogP contribution in [-0.4, -0.2) is 31.9 Å². The molecule has 0 aliphatic heterocycles. The molecule has 7 heteroatoms. The van der Waals surface area contributed by atoms with Crippen LogP contribution in [0.2, 0.25) is 0 Å². The topological polar surface area (TPSA) is 74.4 Å². The highest BCUT2D eigenvalue weighted by Crippen LogP contribution is 2.31. The van der Waals surface area contributed by atoms with Crippen LogP contribution in [0.1, 0.15) is 25.3 Å². The van der Waals surface area contributed by atoms with E-state index in [1.807, 2.05) is 66.7 Å². The average Bonchev–Trinajstić information content (AvgIpc) is 3.26. The minimum Gasteiger partial charge on any atom is -0.497 e. The van der Waals surface area contributed by atoms with Gasteiger partial charge < -0.3 is 9.47 Å². The quantitative estimate of drug-likeness (QED) is 0.396. The second-order valence-electron chi connectivity index (χ2n) is 7.12. The fourth-order valence-corrected chi connectivity index (χ4v) is 3.57. The van der Waals surface area contributed by atoms with Gasteiger partial charge in [0.1, 0.15) is 11.5 Å². The minimum absolute atomic E-state index is 0.318. The summed E-state index contributed by atoms with van der Waals surface area (Å²) in [7, 11) is 1.64. The summed E-state index contributed by atoms with van der Waals surface area (Å²) >= 11 is 0. The lowest BCUT2D eigenvalue weighted by Gasteiger charge is -2.17. The number of aromatic nitrogens is 5. The highest BCUT2D eigenvalue weighted by Gasteiger charge is 2.21. The second-order valence-corrected chi connectivity index (χ2v) is 7.12. The number of hydrogen-bond acceptors (Lipinski definition) is 6. The molecule has 5 aromatic rings. The Morgan fingerprint density at radius 2 is 1.84 bits per heavy atom. The lowest BCUT2D eigenvalue weighted by Crippen LogP contribution is -2.12. The highest BCUT2D eigenvalue weighted by atomic mass is 16.5. The van der Waals surface area contributed by atoms with E-state index in [1.165, 1.54) is 0 Å². The van der Waals surface area contributed by atoms with Gasteiger partial charge in [0.25, 0.3) is 0 Å². The van der Waals surface area contributed by atoms with Crippen molar-refractivity contribution in [1.29, 1.82) is 0 Å². The molecular weight excluding hydrogens is 390 g/mol. The monoisotopic (exact) mass is 411 g/mol. The molecule has 0 aliphatic rings. The minimum atomic E-state index is -0.318. The van der Waals surface area contributed by atoms with Gasteiger partial charge in [-0.15, -0.1) is 10.2 Å². The zero-order valence-corrected chi connectivity index (χ0v) is 17.3. The Labute approximate surface area is 179 Å². The first-order valence-corrected chi connectivity index (χ1v) is 10.1. The van der Waals surface area contributed by atoms with Gasteiger partial charge in [0.2, 0.25) is 0 Å². The number of methoxy groups -OCH3 is 1. The molecule has 7 nitrogen and oxygen atoms in total. The van der Waals surface area contributed by atoms with Crippen LogP contribution in [0.4, 0.5) is 0 Å². The summed E-state index contributed by atoms with van der Waals surface area (Å²) in [5.41, 5.74) is 3.38. The van der Waals surface area contributed by atoms with Crippen molar-refractivity contribution in [2.45, 2.75) is 19.4 Å². The Morgan fingerprint density at radius 1 is 0.968 bits per heavy atom. The van der Waals surface area contributed by atoms with Crippen LogP contribution in [0.3, 0.4) is 0 Å². The zero-order chi connectivity index (χ0) is 21.2. The number of nitrogens with zero attached hydrogens (tertiary/aromatic N) is 5.